The Morgan fingerprint density at radius 3 is 2.61 bits per heavy atom. The minimum absolute atomic E-state index is 0.142. The number of nitrogens with zero attached hydrogens (tertiary/aromatic N) is 3. The quantitative estimate of drug-likeness (QED) is 0.832. The first-order valence-electron chi connectivity index (χ1n) is 8.56. The summed E-state index contributed by atoms with van der Waals surface area (Å²) >= 11 is 3.74. The molecule has 1 aliphatic heterocycles. The van der Waals surface area contributed by atoms with E-state index in [0.29, 0.717) is 0 Å². The molecule has 0 spiro atoms. The van der Waals surface area contributed by atoms with E-state index < -0.39 is 0 Å². The van der Waals surface area contributed by atoms with Gasteiger partial charge in [0, 0.05) is 35.5 Å². The van der Waals surface area contributed by atoms with E-state index in [9.17, 15) is 4.79 Å². The predicted octanol–water partition coefficient (Wildman–Crippen LogP) is 3.47. The number of aryl methyl sites for hydroxylation is 2. The van der Waals surface area contributed by atoms with Crippen LogP contribution in [0.4, 0.5) is 5.95 Å². The predicted molar refractivity (Wildman–Crippen MR) is 100 cm³/mol. The van der Waals surface area contributed by atoms with Crippen LogP contribution in [-0.2, 0) is 12.8 Å². The summed E-state index contributed by atoms with van der Waals surface area (Å²) < 4.78 is 1.93. The maximum Gasteiger partial charge on any atom is 0.264 e. The molecule has 0 bridgehead atoms. The lowest BCUT2D eigenvalue weighted by molar-refractivity contribution is 0.562. The molecule has 0 radical (unpaired) electrons. The maximum absolute atomic E-state index is 13.3. The second-order valence-electron chi connectivity index (χ2n) is 6.67. The van der Waals surface area contributed by atoms with Crippen LogP contribution in [0.5, 0.6) is 0 Å². The van der Waals surface area contributed by atoms with Crippen LogP contribution in [0.1, 0.15) is 43.2 Å². The molecule has 0 aromatic carbocycles. The van der Waals surface area contributed by atoms with E-state index in [4.69, 9.17) is 4.98 Å². The molecule has 124 valence electrons. The smallest absolute Gasteiger partial charge is 0.264 e. The van der Waals surface area contributed by atoms with E-state index in [1.54, 1.807) is 11.3 Å². The van der Waals surface area contributed by atoms with Crippen LogP contribution < -0.4 is 10.5 Å². The third-order valence-electron chi connectivity index (χ3n) is 4.81. The number of thiophene rings is 1. The Balaban J connectivity index is 1.95. The summed E-state index contributed by atoms with van der Waals surface area (Å²) in [5, 5.41) is 0.911. The summed E-state index contributed by atoms with van der Waals surface area (Å²) in [5.74, 6) is 3.12. The Kier molecular flexibility index (Phi) is 4.13. The molecule has 2 aromatic heterocycles. The summed E-state index contributed by atoms with van der Waals surface area (Å²) in [4.78, 5) is 22.9. The lowest BCUT2D eigenvalue weighted by Crippen LogP contribution is -2.38. The van der Waals surface area contributed by atoms with E-state index in [1.165, 1.54) is 23.3 Å². The van der Waals surface area contributed by atoms with Crippen LogP contribution in [-0.4, -0.2) is 34.1 Å². The number of rotatable bonds is 2. The van der Waals surface area contributed by atoms with Crippen molar-refractivity contribution in [2.24, 2.45) is 0 Å². The van der Waals surface area contributed by atoms with E-state index >= 15 is 0 Å². The van der Waals surface area contributed by atoms with Crippen LogP contribution in [0.3, 0.4) is 0 Å². The average molecular weight is 350 g/mol. The summed E-state index contributed by atoms with van der Waals surface area (Å²) in [5.41, 5.74) is 1.47. The lowest BCUT2D eigenvalue weighted by atomic mass is 9.97. The van der Waals surface area contributed by atoms with Gasteiger partial charge in [-0.15, -0.1) is 11.3 Å². The minimum Gasteiger partial charge on any atom is -0.340 e. The fourth-order valence-corrected chi connectivity index (χ4v) is 5.81. The van der Waals surface area contributed by atoms with Crippen molar-refractivity contribution in [1.82, 2.24) is 9.55 Å². The molecule has 1 saturated heterocycles. The second kappa shape index (κ2) is 6.13. The zero-order chi connectivity index (χ0) is 16.0. The molecule has 2 aromatic rings. The number of hydrogen-bond acceptors (Lipinski definition) is 5. The fraction of sp³-hybridized carbons (Fsp3) is 0.647. The molecule has 1 fully saturated rings. The van der Waals surface area contributed by atoms with Gasteiger partial charge < -0.3 is 4.90 Å². The Labute approximate surface area is 144 Å². The van der Waals surface area contributed by atoms with Gasteiger partial charge in [0.1, 0.15) is 4.83 Å². The first-order chi connectivity index (χ1) is 11.2. The van der Waals surface area contributed by atoms with Crippen molar-refractivity contribution >= 4 is 39.3 Å². The van der Waals surface area contributed by atoms with Crippen LogP contribution >= 0.6 is 23.1 Å². The zero-order valence-corrected chi connectivity index (χ0v) is 15.4. The third kappa shape index (κ3) is 2.60. The van der Waals surface area contributed by atoms with Crippen LogP contribution in [0.15, 0.2) is 4.79 Å². The van der Waals surface area contributed by atoms with E-state index in [-0.39, 0.29) is 11.6 Å². The summed E-state index contributed by atoms with van der Waals surface area (Å²) in [6.07, 6.45) is 4.61. The molecule has 4 rings (SSSR count). The summed E-state index contributed by atoms with van der Waals surface area (Å²) in [6.45, 7) is 6.16. The number of fused-ring (bicyclic) bond motifs is 3. The monoisotopic (exact) mass is 349 g/mol. The maximum atomic E-state index is 13.3. The number of hydrogen-bond donors (Lipinski definition) is 0. The van der Waals surface area contributed by atoms with Gasteiger partial charge in [-0.05, 0) is 45.1 Å². The third-order valence-corrected chi connectivity index (χ3v) is 6.94. The molecule has 4 nitrogen and oxygen atoms in total. The standard InChI is InChI=1S/C17H23N3OS2/c1-11(2)20-16(21)14-12-5-3-4-6-13(12)23-15(14)18-17(20)19-7-9-22-10-8-19/h11H,3-10H2,1-2H3. The molecule has 6 heteroatoms. The first kappa shape index (κ1) is 15.5. The molecular weight excluding hydrogens is 326 g/mol. The summed E-state index contributed by atoms with van der Waals surface area (Å²) in [6, 6.07) is 0.142. The molecule has 0 unspecified atom stereocenters. The van der Waals surface area contributed by atoms with Gasteiger partial charge in [-0.3, -0.25) is 9.36 Å². The number of anilines is 1. The molecule has 0 amide bonds. The SMILES string of the molecule is CC(C)n1c(N2CCSCC2)nc2sc3c(c2c1=O)CCCC3. The van der Waals surface area contributed by atoms with Gasteiger partial charge >= 0.3 is 0 Å². The van der Waals surface area contributed by atoms with E-state index in [2.05, 4.69) is 18.7 Å². The van der Waals surface area contributed by atoms with Gasteiger partial charge in [-0.2, -0.15) is 11.8 Å². The molecule has 0 saturated carbocycles. The highest BCUT2D eigenvalue weighted by molar-refractivity contribution is 7.99. The van der Waals surface area contributed by atoms with Crippen molar-refractivity contribution in [1.29, 1.82) is 0 Å². The van der Waals surface area contributed by atoms with Gasteiger partial charge in [0.2, 0.25) is 5.95 Å². The molecule has 0 atom stereocenters. The molecule has 0 N–H and O–H groups in total. The summed E-state index contributed by atoms with van der Waals surface area (Å²) in [7, 11) is 0. The molecule has 3 heterocycles. The van der Waals surface area contributed by atoms with Crippen LogP contribution in [0.25, 0.3) is 10.2 Å². The Hall–Kier alpha value is -1.01. The number of thioether (sulfide) groups is 1. The van der Waals surface area contributed by atoms with Crippen LogP contribution in [0, 0.1) is 0 Å². The molecule has 2 aliphatic rings. The van der Waals surface area contributed by atoms with Gasteiger partial charge in [0.05, 0.1) is 5.39 Å². The van der Waals surface area contributed by atoms with Crippen molar-refractivity contribution in [2.45, 2.75) is 45.6 Å². The highest BCUT2D eigenvalue weighted by atomic mass is 32.2. The van der Waals surface area contributed by atoms with Gasteiger partial charge in [0.15, 0.2) is 0 Å². The van der Waals surface area contributed by atoms with E-state index in [1.807, 2.05) is 16.3 Å². The molecular formula is C17H23N3OS2. The molecule has 23 heavy (non-hydrogen) atoms. The normalized spacial score (nSPS) is 18.7. The lowest BCUT2D eigenvalue weighted by Gasteiger charge is -2.30. The van der Waals surface area contributed by atoms with Gasteiger partial charge in [0.25, 0.3) is 5.56 Å². The number of aromatic nitrogens is 2. The fourth-order valence-electron chi connectivity index (χ4n) is 3.66. The first-order valence-corrected chi connectivity index (χ1v) is 10.5. The van der Waals surface area contributed by atoms with Crippen molar-refractivity contribution in [3.8, 4) is 0 Å². The highest BCUT2D eigenvalue weighted by Crippen LogP contribution is 2.35. The van der Waals surface area contributed by atoms with Crippen LogP contribution in [0.2, 0.25) is 0 Å². The van der Waals surface area contributed by atoms with Crippen molar-refractivity contribution in [2.75, 3.05) is 29.5 Å². The van der Waals surface area contributed by atoms with Crippen molar-refractivity contribution < 1.29 is 0 Å². The van der Waals surface area contributed by atoms with Crippen molar-refractivity contribution in [3.63, 3.8) is 0 Å². The van der Waals surface area contributed by atoms with Gasteiger partial charge in [-0.1, -0.05) is 0 Å². The highest BCUT2D eigenvalue weighted by Gasteiger charge is 2.25. The average Bonchev–Trinajstić information content (AvgIpc) is 2.93. The Morgan fingerprint density at radius 2 is 1.87 bits per heavy atom. The van der Waals surface area contributed by atoms with Crippen molar-refractivity contribution in [3.05, 3.63) is 20.8 Å². The Bertz CT molecular complexity index is 787. The Morgan fingerprint density at radius 1 is 1.13 bits per heavy atom. The molecule has 1 aliphatic carbocycles. The topological polar surface area (TPSA) is 38.1 Å². The largest absolute Gasteiger partial charge is 0.340 e. The minimum atomic E-state index is 0.142. The second-order valence-corrected chi connectivity index (χ2v) is 8.98. The zero-order valence-electron chi connectivity index (χ0n) is 13.8. The van der Waals surface area contributed by atoms with E-state index in [0.717, 1.165) is 53.6 Å². The van der Waals surface area contributed by atoms with Gasteiger partial charge in [-0.25, -0.2) is 4.98 Å².